The van der Waals surface area contributed by atoms with Crippen molar-refractivity contribution < 1.29 is 13.5 Å². The van der Waals surface area contributed by atoms with E-state index in [-0.39, 0.29) is 23.1 Å². The highest BCUT2D eigenvalue weighted by Crippen LogP contribution is 2.38. The van der Waals surface area contributed by atoms with E-state index in [1.165, 1.54) is 6.07 Å². The molecule has 20 heavy (non-hydrogen) atoms. The maximum absolute atomic E-state index is 13.5. The summed E-state index contributed by atoms with van der Waals surface area (Å²) in [4.78, 5) is 0. The quantitative estimate of drug-likeness (QED) is 0.828. The molecule has 1 N–H and O–H groups in total. The molecule has 112 valence electrons. The monoisotopic (exact) mass is 303 g/mol. The summed E-state index contributed by atoms with van der Waals surface area (Å²) in [5.74, 6) is -1.55. The molecule has 0 aliphatic carbocycles. The van der Waals surface area contributed by atoms with Crippen molar-refractivity contribution in [2.24, 2.45) is 5.92 Å². The third-order valence-electron chi connectivity index (χ3n) is 3.89. The fourth-order valence-electron chi connectivity index (χ4n) is 2.96. The fraction of sp³-hybridized carbons (Fsp3) is 0.600. The lowest BCUT2D eigenvalue weighted by atomic mass is 9.86. The Morgan fingerprint density at radius 2 is 2.05 bits per heavy atom. The molecular weight excluding hydrogens is 284 g/mol. The largest absolute Gasteiger partial charge is 0.378 e. The molecule has 1 aromatic carbocycles. The standard InChI is InChI=1S/C15H20ClF2NO/c1-3-14-9(5-6-20-14)15(19-4-2)10-7-12(17)13(18)8-11(10)16/h7-9,14-15,19H,3-6H2,1-2H3. The van der Waals surface area contributed by atoms with E-state index in [1.807, 2.05) is 6.92 Å². The zero-order valence-electron chi connectivity index (χ0n) is 11.8. The molecule has 3 atom stereocenters. The van der Waals surface area contributed by atoms with Crippen LogP contribution in [0.2, 0.25) is 5.02 Å². The molecule has 2 nitrogen and oxygen atoms in total. The van der Waals surface area contributed by atoms with Crippen molar-refractivity contribution in [2.75, 3.05) is 13.2 Å². The van der Waals surface area contributed by atoms with E-state index in [1.54, 1.807) is 0 Å². The Bertz CT molecular complexity index is 469. The van der Waals surface area contributed by atoms with Crippen LogP contribution in [-0.4, -0.2) is 19.3 Å². The first kappa shape index (κ1) is 15.7. The molecule has 0 radical (unpaired) electrons. The van der Waals surface area contributed by atoms with E-state index in [0.717, 1.165) is 25.5 Å². The van der Waals surface area contributed by atoms with E-state index in [2.05, 4.69) is 12.2 Å². The van der Waals surface area contributed by atoms with Crippen molar-refractivity contribution in [2.45, 2.75) is 38.8 Å². The van der Waals surface area contributed by atoms with Gasteiger partial charge < -0.3 is 10.1 Å². The van der Waals surface area contributed by atoms with E-state index in [9.17, 15) is 8.78 Å². The average molecular weight is 304 g/mol. The number of benzene rings is 1. The highest BCUT2D eigenvalue weighted by molar-refractivity contribution is 6.31. The van der Waals surface area contributed by atoms with Gasteiger partial charge >= 0.3 is 0 Å². The summed E-state index contributed by atoms with van der Waals surface area (Å²) < 4.78 is 32.5. The lowest BCUT2D eigenvalue weighted by Gasteiger charge is -2.29. The molecule has 1 heterocycles. The molecule has 1 aromatic rings. The Balaban J connectivity index is 2.35. The van der Waals surface area contributed by atoms with Gasteiger partial charge in [-0.3, -0.25) is 0 Å². The van der Waals surface area contributed by atoms with Crippen molar-refractivity contribution in [1.29, 1.82) is 0 Å². The van der Waals surface area contributed by atoms with Gasteiger partial charge in [0, 0.05) is 23.6 Å². The predicted octanol–water partition coefficient (Wildman–Crippen LogP) is 4.08. The van der Waals surface area contributed by atoms with Gasteiger partial charge in [-0.25, -0.2) is 8.78 Å². The first-order valence-electron chi connectivity index (χ1n) is 7.07. The number of hydrogen-bond donors (Lipinski definition) is 1. The van der Waals surface area contributed by atoms with Gasteiger partial charge in [-0.2, -0.15) is 0 Å². The molecule has 1 fully saturated rings. The second-order valence-electron chi connectivity index (χ2n) is 5.09. The molecule has 0 aromatic heterocycles. The van der Waals surface area contributed by atoms with Crippen LogP contribution in [0.5, 0.6) is 0 Å². The predicted molar refractivity (Wildman–Crippen MR) is 75.9 cm³/mol. The lowest BCUT2D eigenvalue weighted by Crippen LogP contribution is -2.33. The normalized spacial score (nSPS) is 24.1. The minimum absolute atomic E-state index is 0.116. The molecule has 0 amide bonds. The van der Waals surface area contributed by atoms with Crippen LogP contribution in [0.15, 0.2) is 12.1 Å². The molecule has 1 saturated heterocycles. The number of hydrogen-bond acceptors (Lipinski definition) is 2. The van der Waals surface area contributed by atoms with E-state index >= 15 is 0 Å². The second kappa shape index (κ2) is 6.83. The first-order chi connectivity index (χ1) is 9.58. The van der Waals surface area contributed by atoms with Crippen molar-refractivity contribution in [3.63, 3.8) is 0 Å². The zero-order valence-corrected chi connectivity index (χ0v) is 12.5. The van der Waals surface area contributed by atoms with Crippen LogP contribution in [0, 0.1) is 17.6 Å². The number of nitrogens with one attached hydrogen (secondary N) is 1. The van der Waals surface area contributed by atoms with Crippen LogP contribution in [0.3, 0.4) is 0 Å². The van der Waals surface area contributed by atoms with Gasteiger partial charge in [0.15, 0.2) is 11.6 Å². The van der Waals surface area contributed by atoms with Gasteiger partial charge in [0.05, 0.1) is 6.10 Å². The van der Waals surface area contributed by atoms with Crippen LogP contribution in [-0.2, 0) is 4.74 Å². The SMILES string of the molecule is CCNC(c1cc(F)c(F)cc1Cl)C1CCOC1CC. The highest BCUT2D eigenvalue weighted by Gasteiger charge is 2.35. The fourth-order valence-corrected chi connectivity index (χ4v) is 3.22. The van der Waals surface area contributed by atoms with Crippen molar-refractivity contribution in [3.05, 3.63) is 34.4 Å². The Morgan fingerprint density at radius 3 is 2.70 bits per heavy atom. The topological polar surface area (TPSA) is 21.3 Å². The number of rotatable bonds is 5. The number of ether oxygens (including phenoxy) is 1. The minimum atomic E-state index is -0.913. The second-order valence-corrected chi connectivity index (χ2v) is 5.50. The molecule has 0 saturated carbocycles. The van der Waals surface area contributed by atoms with Gasteiger partial charge in [-0.05, 0) is 37.1 Å². The summed E-state index contributed by atoms with van der Waals surface area (Å²) in [6, 6.07) is 2.14. The third-order valence-corrected chi connectivity index (χ3v) is 4.22. The van der Waals surface area contributed by atoms with Crippen molar-refractivity contribution >= 4 is 11.6 Å². The maximum atomic E-state index is 13.5. The molecule has 1 aliphatic rings. The Labute approximate surface area is 123 Å². The van der Waals surface area contributed by atoms with Gasteiger partial charge in [0.25, 0.3) is 0 Å². The Hall–Kier alpha value is -0.710. The Morgan fingerprint density at radius 1 is 1.35 bits per heavy atom. The molecule has 0 spiro atoms. The molecule has 5 heteroatoms. The Kier molecular flexibility index (Phi) is 5.35. The summed E-state index contributed by atoms with van der Waals surface area (Å²) in [7, 11) is 0. The third kappa shape index (κ3) is 3.13. The molecular formula is C15H20ClF2NO. The molecule has 3 unspecified atom stereocenters. The van der Waals surface area contributed by atoms with Gasteiger partial charge in [-0.1, -0.05) is 25.4 Å². The van der Waals surface area contributed by atoms with Gasteiger partial charge in [0.2, 0.25) is 0 Å². The molecule has 1 aliphatic heterocycles. The lowest BCUT2D eigenvalue weighted by molar-refractivity contribution is 0.0775. The van der Waals surface area contributed by atoms with Gasteiger partial charge in [-0.15, -0.1) is 0 Å². The van der Waals surface area contributed by atoms with Gasteiger partial charge in [0.1, 0.15) is 0 Å². The van der Waals surface area contributed by atoms with Crippen LogP contribution in [0.1, 0.15) is 38.3 Å². The average Bonchev–Trinajstić information content (AvgIpc) is 2.88. The minimum Gasteiger partial charge on any atom is -0.378 e. The van der Waals surface area contributed by atoms with Crippen LogP contribution >= 0.6 is 11.6 Å². The summed E-state index contributed by atoms with van der Waals surface area (Å²) in [5.41, 5.74) is 0.612. The first-order valence-corrected chi connectivity index (χ1v) is 7.45. The van der Waals surface area contributed by atoms with E-state index in [0.29, 0.717) is 12.2 Å². The maximum Gasteiger partial charge on any atom is 0.160 e. The summed E-state index contributed by atoms with van der Waals surface area (Å²) in [5, 5.41) is 3.60. The van der Waals surface area contributed by atoms with Crippen molar-refractivity contribution in [3.8, 4) is 0 Å². The smallest absolute Gasteiger partial charge is 0.160 e. The molecule has 0 bridgehead atoms. The summed E-state index contributed by atoms with van der Waals surface area (Å²) in [6.07, 6.45) is 1.92. The highest BCUT2D eigenvalue weighted by atomic mass is 35.5. The van der Waals surface area contributed by atoms with Crippen LogP contribution in [0.4, 0.5) is 8.78 Å². The van der Waals surface area contributed by atoms with Crippen LogP contribution in [0.25, 0.3) is 0 Å². The van der Waals surface area contributed by atoms with E-state index < -0.39 is 11.6 Å². The van der Waals surface area contributed by atoms with Crippen molar-refractivity contribution in [1.82, 2.24) is 5.32 Å². The number of halogens is 3. The summed E-state index contributed by atoms with van der Waals surface area (Å²) >= 11 is 6.11. The van der Waals surface area contributed by atoms with E-state index in [4.69, 9.17) is 16.3 Å². The summed E-state index contributed by atoms with van der Waals surface area (Å²) in [6.45, 7) is 5.48. The molecule has 2 rings (SSSR count). The van der Waals surface area contributed by atoms with Crippen LogP contribution < -0.4 is 5.32 Å². The zero-order chi connectivity index (χ0) is 14.7.